The average molecular weight is 361 g/mol. The van der Waals surface area contributed by atoms with E-state index in [-0.39, 0.29) is 5.91 Å². The van der Waals surface area contributed by atoms with Gasteiger partial charge in [0.25, 0.3) is 5.91 Å². The van der Waals surface area contributed by atoms with Gasteiger partial charge >= 0.3 is 0 Å². The molecule has 3 aliphatic rings. The van der Waals surface area contributed by atoms with Crippen molar-refractivity contribution in [2.75, 3.05) is 39.4 Å². The lowest BCUT2D eigenvalue weighted by Crippen LogP contribution is -2.40. The van der Waals surface area contributed by atoms with Gasteiger partial charge in [-0.25, -0.2) is 0 Å². The lowest BCUT2D eigenvalue weighted by atomic mass is 9.87. The molecule has 2 saturated heterocycles. The molecule has 1 atom stereocenters. The van der Waals surface area contributed by atoms with Gasteiger partial charge < -0.3 is 9.64 Å². The monoisotopic (exact) mass is 360 g/mol. The molecule has 0 radical (unpaired) electrons. The van der Waals surface area contributed by atoms with E-state index >= 15 is 0 Å². The van der Waals surface area contributed by atoms with Gasteiger partial charge in [0.05, 0.1) is 24.9 Å². The van der Waals surface area contributed by atoms with Crippen molar-refractivity contribution >= 4 is 5.91 Å². The summed E-state index contributed by atoms with van der Waals surface area (Å²) >= 11 is 0. The van der Waals surface area contributed by atoms with Crippen LogP contribution >= 0.6 is 0 Å². The number of morpholine rings is 1. The van der Waals surface area contributed by atoms with Crippen LogP contribution in [0.4, 0.5) is 0 Å². The smallest absolute Gasteiger partial charge is 0.274 e. The van der Waals surface area contributed by atoms with Gasteiger partial charge in [-0.3, -0.25) is 14.8 Å². The number of hydrogen-bond acceptors (Lipinski definition) is 4. The zero-order valence-electron chi connectivity index (χ0n) is 15.8. The first kappa shape index (κ1) is 18.0. The van der Waals surface area contributed by atoms with Crippen molar-refractivity contribution in [3.8, 4) is 0 Å². The fourth-order valence-corrected chi connectivity index (χ4v) is 4.81. The minimum atomic E-state index is 0.0328. The van der Waals surface area contributed by atoms with Crippen LogP contribution in [0.1, 0.15) is 73.6 Å². The number of nitrogens with zero attached hydrogens (tertiary/aromatic N) is 3. The van der Waals surface area contributed by atoms with Crippen molar-refractivity contribution in [1.82, 2.24) is 20.0 Å². The summed E-state index contributed by atoms with van der Waals surface area (Å²) in [5.41, 5.74) is 1.68. The Kier molecular flexibility index (Phi) is 5.90. The number of carbonyl (C=O) groups is 1. The molecule has 0 bridgehead atoms. The van der Waals surface area contributed by atoms with Crippen LogP contribution in [-0.2, 0) is 4.74 Å². The number of amides is 1. The molecule has 1 aliphatic carbocycles. The van der Waals surface area contributed by atoms with Crippen molar-refractivity contribution < 1.29 is 9.53 Å². The van der Waals surface area contributed by atoms with Crippen molar-refractivity contribution in [3.05, 3.63) is 17.5 Å². The highest BCUT2D eigenvalue weighted by Crippen LogP contribution is 2.33. The first-order chi connectivity index (χ1) is 12.8. The highest BCUT2D eigenvalue weighted by molar-refractivity contribution is 5.92. The average Bonchev–Trinajstić information content (AvgIpc) is 3.19. The highest BCUT2D eigenvalue weighted by Gasteiger charge is 2.29. The van der Waals surface area contributed by atoms with Gasteiger partial charge in [0.15, 0.2) is 0 Å². The lowest BCUT2D eigenvalue weighted by molar-refractivity contribution is 0.0299. The molecule has 1 aromatic rings. The quantitative estimate of drug-likeness (QED) is 0.897. The van der Waals surface area contributed by atoms with E-state index in [1.165, 1.54) is 64.5 Å². The van der Waals surface area contributed by atoms with E-state index in [0.717, 1.165) is 11.6 Å². The molecule has 144 valence electrons. The van der Waals surface area contributed by atoms with E-state index in [0.29, 0.717) is 38.0 Å². The van der Waals surface area contributed by atoms with E-state index in [9.17, 15) is 4.79 Å². The number of carbonyl (C=O) groups excluding carboxylic acids is 1. The van der Waals surface area contributed by atoms with E-state index < -0.39 is 0 Å². The largest absolute Gasteiger partial charge is 0.378 e. The van der Waals surface area contributed by atoms with Crippen molar-refractivity contribution in [1.29, 1.82) is 0 Å². The fraction of sp³-hybridized carbons (Fsp3) is 0.800. The van der Waals surface area contributed by atoms with Crippen LogP contribution in [0.2, 0.25) is 0 Å². The number of H-pyrrole nitrogens is 1. The Morgan fingerprint density at radius 2 is 1.85 bits per heavy atom. The summed E-state index contributed by atoms with van der Waals surface area (Å²) in [6.45, 7) is 4.96. The van der Waals surface area contributed by atoms with Gasteiger partial charge in [0.2, 0.25) is 0 Å². The molecular weight excluding hydrogens is 328 g/mol. The van der Waals surface area contributed by atoms with Crippen LogP contribution < -0.4 is 0 Å². The maximum absolute atomic E-state index is 12.7. The number of hydrogen-bond donors (Lipinski definition) is 1. The minimum absolute atomic E-state index is 0.0328. The molecule has 0 spiro atoms. The molecule has 0 unspecified atom stereocenters. The molecule has 26 heavy (non-hydrogen) atoms. The topological polar surface area (TPSA) is 61.5 Å². The Bertz CT molecular complexity index is 590. The standard InChI is InChI=1S/C20H32N4O2/c25-20(23-10-12-26-13-11-23)18-14-17(21-22-18)19-8-4-5-9-24(19)15-16-6-2-1-3-7-16/h14,16,19H,1-13,15H2,(H,21,22)/t19-/m1/s1. The summed E-state index contributed by atoms with van der Waals surface area (Å²) < 4.78 is 5.34. The number of rotatable bonds is 4. The predicted octanol–water partition coefficient (Wildman–Crippen LogP) is 2.99. The number of aromatic nitrogens is 2. The Balaban J connectivity index is 1.42. The molecule has 1 N–H and O–H groups in total. The predicted molar refractivity (Wildman–Crippen MR) is 100 cm³/mol. The summed E-state index contributed by atoms with van der Waals surface area (Å²) in [6.07, 6.45) is 10.7. The Labute approximate surface area is 156 Å². The maximum Gasteiger partial charge on any atom is 0.274 e. The van der Waals surface area contributed by atoms with Crippen molar-refractivity contribution in [3.63, 3.8) is 0 Å². The molecule has 1 saturated carbocycles. The molecule has 4 rings (SSSR count). The molecule has 1 amide bonds. The van der Waals surface area contributed by atoms with Gasteiger partial charge in [-0.1, -0.05) is 25.7 Å². The third-order valence-electron chi connectivity index (χ3n) is 6.31. The third kappa shape index (κ3) is 4.12. The van der Waals surface area contributed by atoms with E-state index in [2.05, 4.69) is 15.1 Å². The second-order valence-corrected chi connectivity index (χ2v) is 8.12. The van der Waals surface area contributed by atoms with Crippen LogP contribution in [0.25, 0.3) is 0 Å². The highest BCUT2D eigenvalue weighted by atomic mass is 16.5. The molecule has 2 aliphatic heterocycles. The van der Waals surface area contributed by atoms with Crippen LogP contribution in [0, 0.1) is 5.92 Å². The summed E-state index contributed by atoms with van der Waals surface area (Å²) in [4.78, 5) is 17.2. The first-order valence-electron chi connectivity index (χ1n) is 10.5. The molecule has 0 aromatic carbocycles. The van der Waals surface area contributed by atoms with Gasteiger partial charge in [-0.2, -0.15) is 5.10 Å². The van der Waals surface area contributed by atoms with Crippen molar-refractivity contribution in [2.24, 2.45) is 5.92 Å². The molecular formula is C20H32N4O2. The van der Waals surface area contributed by atoms with Gasteiger partial charge in [-0.05, 0) is 44.2 Å². The second kappa shape index (κ2) is 8.53. The Hall–Kier alpha value is -1.40. The van der Waals surface area contributed by atoms with Gasteiger partial charge in [0, 0.05) is 19.6 Å². The number of likely N-dealkylation sites (tertiary alicyclic amines) is 1. The van der Waals surface area contributed by atoms with Gasteiger partial charge in [0.1, 0.15) is 5.69 Å². The third-order valence-corrected chi connectivity index (χ3v) is 6.31. The fourth-order valence-electron chi connectivity index (χ4n) is 4.81. The SMILES string of the molecule is O=C(c1cc([C@H]2CCCCN2CC2CCCCC2)[nH]n1)N1CCOCC1. The molecule has 6 heteroatoms. The van der Waals surface area contributed by atoms with Gasteiger partial charge in [-0.15, -0.1) is 0 Å². The van der Waals surface area contributed by atoms with E-state index in [1.807, 2.05) is 11.0 Å². The number of nitrogens with one attached hydrogen (secondary N) is 1. The number of ether oxygens (including phenoxy) is 1. The summed E-state index contributed by atoms with van der Waals surface area (Å²) in [5, 5.41) is 7.56. The summed E-state index contributed by atoms with van der Waals surface area (Å²) in [5.74, 6) is 0.882. The normalized spacial score (nSPS) is 26.2. The molecule has 6 nitrogen and oxygen atoms in total. The molecule has 1 aromatic heterocycles. The number of piperidine rings is 1. The minimum Gasteiger partial charge on any atom is -0.378 e. The Morgan fingerprint density at radius 1 is 1.08 bits per heavy atom. The lowest BCUT2D eigenvalue weighted by Gasteiger charge is -2.38. The van der Waals surface area contributed by atoms with E-state index in [4.69, 9.17) is 4.74 Å². The van der Waals surface area contributed by atoms with Crippen molar-refractivity contribution in [2.45, 2.75) is 57.4 Å². The maximum atomic E-state index is 12.7. The number of aromatic amines is 1. The summed E-state index contributed by atoms with van der Waals surface area (Å²) in [7, 11) is 0. The second-order valence-electron chi connectivity index (χ2n) is 8.12. The van der Waals surface area contributed by atoms with Crippen LogP contribution in [0.3, 0.4) is 0 Å². The van der Waals surface area contributed by atoms with Crippen LogP contribution in [-0.4, -0.2) is 65.3 Å². The van der Waals surface area contributed by atoms with Crippen LogP contribution in [0.15, 0.2) is 6.07 Å². The first-order valence-corrected chi connectivity index (χ1v) is 10.5. The zero-order chi connectivity index (χ0) is 17.8. The zero-order valence-corrected chi connectivity index (χ0v) is 15.8. The Morgan fingerprint density at radius 3 is 2.65 bits per heavy atom. The van der Waals surface area contributed by atoms with Crippen LogP contribution in [0.5, 0.6) is 0 Å². The molecule has 3 heterocycles. The van der Waals surface area contributed by atoms with E-state index in [1.54, 1.807) is 0 Å². The molecule has 3 fully saturated rings. The summed E-state index contributed by atoms with van der Waals surface area (Å²) in [6, 6.07) is 2.39.